The van der Waals surface area contributed by atoms with Crippen molar-refractivity contribution in [2.24, 2.45) is 0 Å². The first-order chi connectivity index (χ1) is 10.3. The molecule has 0 spiro atoms. The number of anilines is 1. The minimum atomic E-state index is 0.703. The topological polar surface area (TPSA) is 28.2 Å². The first-order valence-corrected chi connectivity index (χ1v) is 8.61. The van der Waals surface area contributed by atoms with Gasteiger partial charge >= 0.3 is 0 Å². The standard InChI is InChI=1S/C17H23N3S/c1-3-18-10-14-11-19-13(2)9-17(14)20(15-6-7-15)12-16-5-4-8-21-16/h4-5,8-9,11,15,18H,3,6-7,10,12H2,1-2H3. The van der Waals surface area contributed by atoms with Gasteiger partial charge in [-0.05, 0) is 43.8 Å². The van der Waals surface area contributed by atoms with Crippen molar-refractivity contribution in [3.8, 4) is 0 Å². The Hall–Kier alpha value is -1.39. The Morgan fingerprint density at radius 1 is 1.43 bits per heavy atom. The number of aryl methyl sites for hydroxylation is 1. The highest BCUT2D eigenvalue weighted by atomic mass is 32.1. The average molecular weight is 301 g/mol. The maximum Gasteiger partial charge on any atom is 0.0526 e. The van der Waals surface area contributed by atoms with E-state index in [-0.39, 0.29) is 0 Å². The molecule has 0 amide bonds. The molecule has 1 aliphatic carbocycles. The third-order valence-corrected chi connectivity index (χ3v) is 4.73. The second-order valence-corrected chi connectivity index (χ2v) is 6.71. The molecule has 0 saturated heterocycles. The molecule has 21 heavy (non-hydrogen) atoms. The van der Waals surface area contributed by atoms with E-state index in [1.165, 1.54) is 29.0 Å². The molecule has 2 aromatic heterocycles. The van der Waals surface area contributed by atoms with Crippen LogP contribution in [-0.2, 0) is 13.1 Å². The Kier molecular flexibility index (Phi) is 4.56. The van der Waals surface area contributed by atoms with Crippen molar-refractivity contribution < 1.29 is 0 Å². The predicted molar refractivity (Wildman–Crippen MR) is 89.9 cm³/mol. The van der Waals surface area contributed by atoms with Crippen molar-refractivity contribution >= 4 is 17.0 Å². The molecule has 0 aromatic carbocycles. The summed E-state index contributed by atoms with van der Waals surface area (Å²) in [6, 6.07) is 7.33. The lowest BCUT2D eigenvalue weighted by atomic mass is 10.1. The van der Waals surface area contributed by atoms with E-state index in [0.717, 1.165) is 25.3 Å². The predicted octanol–water partition coefficient (Wildman–Crippen LogP) is 3.73. The van der Waals surface area contributed by atoms with Crippen molar-refractivity contribution in [2.75, 3.05) is 11.4 Å². The van der Waals surface area contributed by atoms with E-state index in [1.807, 2.05) is 17.5 Å². The number of rotatable bonds is 7. The van der Waals surface area contributed by atoms with Crippen LogP contribution in [0.25, 0.3) is 0 Å². The van der Waals surface area contributed by atoms with Gasteiger partial charge in [0.1, 0.15) is 0 Å². The summed E-state index contributed by atoms with van der Waals surface area (Å²) < 4.78 is 0. The summed E-state index contributed by atoms with van der Waals surface area (Å²) in [5.74, 6) is 0. The third-order valence-electron chi connectivity index (χ3n) is 3.87. The fourth-order valence-corrected chi connectivity index (χ4v) is 3.31. The van der Waals surface area contributed by atoms with Crippen molar-refractivity contribution in [1.82, 2.24) is 10.3 Å². The van der Waals surface area contributed by atoms with E-state index in [2.05, 4.69) is 52.6 Å². The zero-order chi connectivity index (χ0) is 14.7. The highest BCUT2D eigenvalue weighted by Gasteiger charge is 2.30. The summed E-state index contributed by atoms with van der Waals surface area (Å²) >= 11 is 1.85. The maximum atomic E-state index is 4.49. The van der Waals surface area contributed by atoms with Gasteiger partial charge in [-0.25, -0.2) is 0 Å². The molecule has 1 aliphatic rings. The molecule has 1 saturated carbocycles. The molecule has 0 atom stereocenters. The molecule has 1 N–H and O–H groups in total. The van der Waals surface area contributed by atoms with Crippen LogP contribution in [0.15, 0.2) is 29.8 Å². The Morgan fingerprint density at radius 3 is 2.95 bits per heavy atom. The lowest BCUT2D eigenvalue weighted by Gasteiger charge is -2.27. The summed E-state index contributed by atoms with van der Waals surface area (Å²) in [6.45, 7) is 7.13. The molecule has 0 bridgehead atoms. The molecule has 2 aromatic rings. The molecule has 2 heterocycles. The van der Waals surface area contributed by atoms with Crippen molar-refractivity contribution in [3.63, 3.8) is 0 Å². The summed E-state index contributed by atoms with van der Waals surface area (Å²) in [7, 11) is 0. The molecule has 112 valence electrons. The van der Waals surface area contributed by atoms with Crippen LogP contribution in [0, 0.1) is 6.92 Å². The highest BCUT2D eigenvalue weighted by molar-refractivity contribution is 7.09. The summed E-state index contributed by atoms with van der Waals surface area (Å²) in [4.78, 5) is 8.50. The molecule has 3 nitrogen and oxygen atoms in total. The molecule has 0 aliphatic heterocycles. The van der Waals surface area contributed by atoms with E-state index < -0.39 is 0 Å². The van der Waals surface area contributed by atoms with E-state index >= 15 is 0 Å². The Labute approximate surface area is 131 Å². The molecule has 4 heteroatoms. The largest absolute Gasteiger partial charge is 0.363 e. The monoisotopic (exact) mass is 301 g/mol. The number of hydrogen-bond donors (Lipinski definition) is 1. The summed E-state index contributed by atoms with van der Waals surface area (Å²) in [6.07, 6.45) is 4.66. The lowest BCUT2D eigenvalue weighted by molar-refractivity contribution is 0.712. The Bertz CT molecular complexity index is 576. The van der Waals surface area contributed by atoms with Crippen molar-refractivity contribution in [2.45, 2.75) is 45.8 Å². The lowest BCUT2D eigenvalue weighted by Crippen LogP contribution is -2.27. The zero-order valence-corrected chi connectivity index (χ0v) is 13.6. The van der Waals surface area contributed by atoms with Gasteiger partial charge < -0.3 is 10.2 Å². The highest BCUT2D eigenvalue weighted by Crippen LogP contribution is 2.35. The molecular weight excluding hydrogens is 278 g/mol. The minimum Gasteiger partial charge on any atom is -0.363 e. The molecule has 0 unspecified atom stereocenters. The molecule has 3 rings (SSSR count). The second kappa shape index (κ2) is 6.58. The number of pyridine rings is 1. The van der Waals surface area contributed by atoms with Crippen LogP contribution >= 0.6 is 11.3 Å². The summed E-state index contributed by atoms with van der Waals surface area (Å²) in [5, 5.41) is 5.60. The van der Waals surface area contributed by atoms with Gasteiger partial charge in [0.2, 0.25) is 0 Å². The fourth-order valence-electron chi connectivity index (χ4n) is 2.60. The van der Waals surface area contributed by atoms with Gasteiger partial charge in [0.05, 0.1) is 6.54 Å². The van der Waals surface area contributed by atoms with E-state index in [9.17, 15) is 0 Å². The van der Waals surface area contributed by atoms with E-state index in [4.69, 9.17) is 0 Å². The zero-order valence-electron chi connectivity index (χ0n) is 12.8. The quantitative estimate of drug-likeness (QED) is 0.844. The third kappa shape index (κ3) is 3.63. The number of nitrogens with zero attached hydrogens (tertiary/aromatic N) is 2. The van der Waals surface area contributed by atoms with Crippen LogP contribution in [0.3, 0.4) is 0 Å². The van der Waals surface area contributed by atoms with Gasteiger partial charge in [-0.1, -0.05) is 13.0 Å². The number of hydrogen-bond acceptors (Lipinski definition) is 4. The van der Waals surface area contributed by atoms with Gasteiger partial charge in [-0.3, -0.25) is 4.98 Å². The second-order valence-electron chi connectivity index (χ2n) is 5.67. The maximum absolute atomic E-state index is 4.49. The summed E-state index contributed by atoms with van der Waals surface area (Å²) in [5.41, 5.74) is 3.77. The van der Waals surface area contributed by atoms with Crippen molar-refractivity contribution in [3.05, 3.63) is 45.9 Å². The van der Waals surface area contributed by atoms with Crippen LogP contribution in [-0.4, -0.2) is 17.6 Å². The van der Waals surface area contributed by atoms with E-state index in [0.29, 0.717) is 6.04 Å². The number of thiophene rings is 1. The molecular formula is C17H23N3S. The first kappa shape index (κ1) is 14.5. The Balaban J connectivity index is 1.88. The number of nitrogens with one attached hydrogen (secondary N) is 1. The van der Waals surface area contributed by atoms with Crippen LogP contribution in [0.1, 0.15) is 35.9 Å². The van der Waals surface area contributed by atoms with Gasteiger partial charge in [0.25, 0.3) is 0 Å². The van der Waals surface area contributed by atoms with Crippen molar-refractivity contribution in [1.29, 1.82) is 0 Å². The van der Waals surface area contributed by atoms with Crippen LogP contribution in [0.2, 0.25) is 0 Å². The molecule has 0 radical (unpaired) electrons. The SMILES string of the molecule is CCNCc1cnc(C)cc1N(Cc1cccs1)C1CC1. The van der Waals surface area contributed by atoms with Crippen LogP contribution in [0.5, 0.6) is 0 Å². The minimum absolute atomic E-state index is 0.703. The van der Waals surface area contributed by atoms with Gasteiger partial charge in [0.15, 0.2) is 0 Å². The fraction of sp³-hybridized carbons (Fsp3) is 0.471. The van der Waals surface area contributed by atoms with Gasteiger partial charge in [-0.15, -0.1) is 11.3 Å². The van der Waals surface area contributed by atoms with E-state index in [1.54, 1.807) is 0 Å². The van der Waals surface area contributed by atoms with Crippen LogP contribution in [0.4, 0.5) is 5.69 Å². The Morgan fingerprint density at radius 2 is 2.29 bits per heavy atom. The normalized spacial score (nSPS) is 14.4. The molecule has 1 fully saturated rings. The van der Waals surface area contributed by atoms with Crippen LogP contribution < -0.4 is 10.2 Å². The average Bonchev–Trinajstić information content (AvgIpc) is 3.20. The first-order valence-electron chi connectivity index (χ1n) is 7.73. The van der Waals surface area contributed by atoms with Gasteiger partial charge in [-0.2, -0.15) is 0 Å². The van der Waals surface area contributed by atoms with Gasteiger partial charge in [0, 0.05) is 40.6 Å². The number of aromatic nitrogens is 1. The smallest absolute Gasteiger partial charge is 0.0526 e.